The SMILES string of the molecule is CCOc1ncccc1C(=O)Nc1ccc(S(=O)(=O)N2CCCCCC2)cc1. The van der Waals surface area contributed by atoms with E-state index >= 15 is 0 Å². The molecule has 1 saturated heterocycles. The number of hydrogen-bond acceptors (Lipinski definition) is 5. The molecule has 3 rings (SSSR count). The standard InChI is InChI=1S/C20H25N3O4S/c1-2-27-20-18(8-7-13-21-20)19(24)22-16-9-11-17(12-10-16)28(25,26)23-14-5-3-4-6-15-23/h7-13H,2-6,14-15H2,1H3,(H,22,24). The molecule has 7 nitrogen and oxygen atoms in total. The molecular weight excluding hydrogens is 378 g/mol. The number of rotatable bonds is 6. The van der Waals surface area contributed by atoms with E-state index in [2.05, 4.69) is 10.3 Å². The molecule has 1 aliphatic heterocycles. The van der Waals surface area contributed by atoms with Crippen LogP contribution in [0.25, 0.3) is 0 Å². The Balaban J connectivity index is 1.73. The molecule has 2 aromatic rings. The molecule has 0 unspecified atom stereocenters. The van der Waals surface area contributed by atoms with E-state index in [9.17, 15) is 13.2 Å². The molecule has 28 heavy (non-hydrogen) atoms. The van der Waals surface area contributed by atoms with Crippen LogP contribution in [0.3, 0.4) is 0 Å². The summed E-state index contributed by atoms with van der Waals surface area (Å²) in [5.41, 5.74) is 0.830. The summed E-state index contributed by atoms with van der Waals surface area (Å²) in [6.07, 6.45) is 5.47. The lowest BCUT2D eigenvalue weighted by Crippen LogP contribution is -2.31. The number of benzene rings is 1. The Morgan fingerprint density at radius 2 is 1.79 bits per heavy atom. The summed E-state index contributed by atoms with van der Waals surface area (Å²) in [4.78, 5) is 16.8. The molecule has 1 N–H and O–H groups in total. The van der Waals surface area contributed by atoms with Crippen molar-refractivity contribution in [2.24, 2.45) is 0 Å². The third kappa shape index (κ3) is 4.69. The molecule has 2 heterocycles. The molecule has 0 atom stereocenters. The summed E-state index contributed by atoms with van der Waals surface area (Å²) < 4.78 is 32.6. The Morgan fingerprint density at radius 1 is 1.11 bits per heavy atom. The Morgan fingerprint density at radius 3 is 2.43 bits per heavy atom. The van der Waals surface area contributed by atoms with Crippen molar-refractivity contribution in [1.82, 2.24) is 9.29 Å². The Bertz CT molecular complexity index is 905. The predicted molar refractivity (Wildman–Crippen MR) is 107 cm³/mol. The maximum atomic E-state index is 12.8. The number of aromatic nitrogens is 1. The molecule has 8 heteroatoms. The van der Waals surface area contributed by atoms with Crippen LogP contribution in [0.2, 0.25) is 0 Å². The number of sulfonamides is 1. The molecule has 0 spiro atoms. The van der Waals surface area contributed by atoms with Crippen molar-refractivity contribution < 1.29 is 17.9 Å². The van der Waals surface area contributed by atoms with Crippen LogP contribution in [0, 0.1) is 0 Å². The van der Waals surface area contributed by atoms with E-state index < -0.39 is 10.0 Å². The number of nitrogens with one attached hydrogen (secondary N) is 1. The van der Waals surface area contributed by atoms with Crippen LogP contribution in [0.15, 0.2) is 47.5 Å². The van der Waals surface area contributed by atoms with Crippen molar-refractivity contribution in [2.45, 2.75) is 37.5 Å². The normalized spacial score (nSPS) is 15.6. The fourth-order valence-electron chi connectivity index (χ4n) is 3.16. The lowest BCUT2D eigenvalue weighted by atomic mass is 10.2. The van der Waals surface area contributed by atoms with Crippen molar-refractivity contribution in [3.63, 3.8) is 0 Å². The lowest BCUT2D eigenvalue weighted by molar-refractivity contribution is 0.102. The summed E-state index contributed by atoms with van der Waals surface area (Å²) in [5, 5.41) is 2.76. The van der Waals surface area contributed by atoms with E-state index in [4.69, 9.17) is 4.74 Å². The number of hydrogen-bond donors (Lipinski definition) is 1. The number of anilines is 1. The topological polar surface area (TPSA) is 88.6 Å². The average Bonchev–Trinajstić information content (AvgIpc) is 2.99. The number of ether oxygens (including phenoxy) is 1. The third-order valence-electron chi connectivity index (χ3n) is 4.61. The van der Waals surface area contributed by atoms with Crippen molar-refractivity contribution in [1.29, 1.82) is 0 Å². The fourth-order valence-corrected chi connectivity index (χ4v) is 4.67. The second-order valence-corrected chi connectivity index (χ2v) is 8.52. The van der Waals surface area contributed by atoms with E-state index in [1.54, 1.807) is 34.8 Å². The van der Waals surface area contributed by atoms with E-state index in [0.717, 1.165) is 25.7 Å². The van der Waals surface area contributed by atoms with Crippen LogP contribution in [0.5, 0.6) is 5.88 Å². The van der Waals surface area contributed by atoms with Gasteiger partial charge in [-0.2, -0.15) is 4.31 Å². The Kier molecular flexibility index (Phi) is 6.64. The first-order valence-electron chi connectivity index (χ1n) is 9.52. The highest BCUT2D eigenvalue weighted by molar-refractivity contribution is 7.89. The molecule has 150 valence electrons. The van der Waals surface area contributed by atoms with Crippen molar-refractivity contribution >= 4 is 21.6 Å². The molecule has 0 bridgehead atoms. The van der Waals surface area contributed by atoms with Gasteiger partial charge < -0.3 is 10.1 Å². The number of amides is 1. The first kappa shape index (κ1) is 20.3. The highest BCUT2D eigenvalue weighted by Crippen LogP contribution is 2.23. The van der Waals surface area contributed by atoms with Gasteiger partial charge in [-0.05, 0) is 56.2 Å². The van der Waals surface area contributed by atoms with Crippen molar-refractivity contribution in [3.05, 3.63) is 48.2 Å². The fraction of sp³-hybridized carbons (Fsp3) is 0.400. The van der Waals surface area contributed by atoms with Crippen LogP contribution in [-0.4, -0.2) is 43.3 Å². The third-order valence-corrected chi connectivity index (χ3v) is 6.52. The molecule has 1 fully saturated rings. The van der Waals surface area contributed by atoms with Gasteiger partial charge in [-0.15, -0.1) is 0 Å². The average molecular weight is 404 g/mol. The van der Waals surface area contributed by atoms with E-state index in [1.807, 2.05) is 6.92 Å². The van der Waals surface area contributed by atoms with Crippen LogP contribution in [0.4, 0.5) is 5.69 Å². The van der Waals surface area contributed by atoms with E-state index in [1.165, 1.54) is 12.1 Å². The molecule has 0 saturated carbocycles. The lowest BCUT2D eigenvalue weighted by Gasteiger charge is -2.20. The molecule has 0 aliphatic carbocycles. The molecule has 0 radical (unpaired) electrons. The summed E-state index contributed by atoms with van der Waals surface area (Å²) in [6.45, 7) is 3.34. The maximum absolute atomic E-state index is 12.8. The molecular formula is C20H25N3O4S. The number of carbonyl (C=O) groups excluding carboxylic acids is 1. The second-order valence-electron chi connectivity index (χ2n) is 6.59. The van der Waals surface area contributed by atoms with Gasteiger partial charge in [0.1, 0.15) is 5.56 Å². The van der Waals surface area contributed by atoms with Crippen LogP contribution in [-0.2, 0) is 10.0 Å². The quantitative estimate of drug-likeness (QED) is 0.799. The summed E-state index contributed by atoms with van der Waals surface area (Å²) in [5.74, 6) is -0.0949. The minimum atomic E-state index is -3.51. The van der Waals surface area contributed by atoms with E-state index in [0.29, 0.717) is 30.9 Å². The monoisotopic (exact) mass is 403 g/mol. The Hall–Kier alpha value is -2.45. The molecule has 1 amide bonds. The zero-order chi connectivity index (χ0) is 20.0. The van der Waals surface area contributed by atoms with Gasteiger partial charge in [-0.25, -0.2) is 13.4 Å². The minimum Gasteiger partial charge on any atom is -0.477 e. The summed E-state index contributed by atoms with van der Waals surface area (Å²) in [6, 6.07) is 9.55. The van der Waals surface area contributed by atoms with Gasteiger partial charge in [0.2, 0.25) is 15.9 Å². The highest BCUT2D eigenvalue weighted by Gasteiger charge is 2.25. The largest absolute Gasteiger partial charge is 0.477 e. The Labute approximate surface area is 165 Å². The van der Waals surface area contributed by atoms with Gasteiger partial charge in [-0.1, -0.05) is 12.8 Å². The van der Waals surface area contributed by atoms with Crippen LogP contribution < -0.4 is 10.1 Å². The summed E-state index contributed by atoms with van der Waals surface area (Å²) >= 11 is 0. The van der Waals surface area contributed by atoms with Crippen LogP contribution >= 0.6 is 0 Å². The van der Waals surface area contributed by atoms with Gasteiger partial charge in [0, 0.05) is 25.0 Å². The number of pyridine rings is 1. The minimum absolute atomic E-state index is 0.240. The van der Waals surface area contributed by atoms with Gasteiger partial charge in [-0.3, -0.25) is 4.79 Å². The zero-order valence-corrected chi connectivity index (χ0v) is 16.7. The highest BCUT2D eigenvalue weighted by atomic mass is 32.2. The van der Waals surface area contributed by atoms with E-state index in [-0.39, 0.29) is 16.7 Å². The van der Waals surface area contributed by atoms with Gasteiger partial charge in [0.25, 0.3) is 5.91 Å². The van der Waals surface area contributed by atoms with Gasteiger partial charge in [0.05, 0.1) is 11.5 Å². The first-order valence-corrected chi connectivity index (χ1v) is 11.0. The molecule has 1 aromatic heterocycles. The van der Waals surface area contributed by atoms with Crippen molar-refractivity contribution in [2.75, 3.05) is 25.0 Å². The smallest absolute Gasteiger partial charge is 0.261 e. The summed E-state index contributed by atoms with van der Waals surface area (Å²) in [7, 11) is -3.51. The molecule has 1 aromatic carbocycles. The van der Waals surface area contributed by atoms with Gasteiger partial charge in [0.15, 0.2) is 0 Å². The predicted octanol–water partition coefficient (Wildman–Crippen LogP) is 3.30. The number of nitrogens with zero attached hydrogens (tertiary/aromatic N) is 2. The van der Waals surface area contributed by atoms with Gasteiger partial charge >= 0.3 is 0 Å². The maximum Gasteiger partial charge on any atom is 0.261 e. The zero-order valence-electron chi connectivity index (χ0n) is 15.9. The second kappa shape index (κ2) is 9.16. The molecule has 1 aliphatic rings. The van der Waals surface area contributed by atoms with Crippen molar-refractivity contribution in [3.8, 4) is 5.88 Å². The number of carbonyl (C=O) groups is 1. The first-order chi connectivity index (χ1) is 13.5. The van der Waals surface area contributed by atoms with Crippen LogP contribution in [0.1, 0.15) is 43.0 Å².